The van der Waals surface area contributed by atoms with Gasteiger partial charge in [-0.05, 0) is 43.7 Å². The predicted octanol–water partition coefficient (Wildman–Crippen LogP) is 4.91. The SMILES string of the molecule is CCCCCCCCC(=O)Nc1ccc(-c2nc3c(-n4cccn4)c(C)[nH]n3n2)cc1. The zero-order valence-electron chi connectivity index (χ0n) is 18.1. The minimum absolute atomic E-state index is 0.0658. The van der Waals surface area contributed by atoms with Crippen molar-refractivity contribution in [3.05, 3.63) is 48.4 Å². The summed E-state index contributed by atoms with van der Waals surface area (Å²) in [7, 11) is 0. The molecule has 162 valence electrons. The quantitative estimate of drug-likeness (QED) is 0.357. The van der Waals surface area contributed by atoms with Gasteiger partial charge in [0.1, 0.15) is 5.69 Å². The van der Waals surface area contributed by atoms with Crippen LogP contribution >= 0.6 is 0 Å². The number of rotatable bonds is 10. The van der Waals surface area contributed by atoms with Crippen molar-refractivity contribution in [2.24, 2.45) is 0 Å². The molecule has 0 aliphatic rings. The van der Waals surface area contributed by atoms with E-state index in [1.807, 2.05) is 43.5 Å². The lowest BCUT2D eigenvalue weighted by Crippen LogP contribution is -2.10. The predicted molar refractivity (Wildman–Crippen MR) is 121 cm³/mol. The van der Waals surface area contributed by atoms with Gasteiger partial charge in [0.2, 0.25) is 11.6 Å². The molecular weight excluding hydrogens is 390 g/mol. The van der Waals surface area contributed by atoms with Crippen LogP contribution in [0, 0.1) is 6.92 Å². The van der Waals surface area contributed by atoms with E-state index < -0.39 is 0 Å². The summed E-state index contributed by atoms with van der Waals surface area (Å²) in [6.45, 7) is 4.18. The number of nitrogens with one attached hydrogen (secondary N) is 2. The first-order chi connectivity index (χ1) is 15.2. The Hall–Kier alpha value is -3.42. The molecule has 3 aromatic heterocycles. The highest BCUT2D eigenvalue weighted by atomic mass is 16.1. The fraction of sp³-hybridized carbons (Fsp3) is 0.391. The van der Waals surface area contributed by atoms with Gasteiger partial charge in [-0.1, -0.05) is 39.0 Å². The number of fused-ring (bicyclic) bond motifs is 1. The summed E-state index contributed by atoms with van der Waals surface area (Å²) in [5, 5.41) is 15.0. The van der Waals surface area contributed by atoms with Gasteiger partial charge in [-0.15, -0.1) is 5.10 Å². The molecule has 3 heterocycles. The lowest BCUT2D eigenvalue weighted by Gasteiger charge is -2.06. The van der Waals surface area contributed by atoms with Crippen LogP contribution in [-0.4, -0.2) is 35.5 Å². The molecular formula is C23H29N7O. The average Bonchev–Trinajstić information content (AvgIpc) is 3.48. The Kier molecular flexibility index (Phi) is 6.45. The van der Waals surface area contributed by atoms with Crippen molar-refractivity contribution in [3.8, 4) is 17.1 Å². The van der Waals surface area contributed by atoms with Gasteiger partial charge in [0.25, 0.3) is 0 Å². The van der Waals surface area contributed by atoms with Gasteiger partial charge in [0, 0.05) is 30.1 Å². The van der Waals surface area contributed by atoms with Crippen LogP contribution in [0.1, 0.15) is 57.6 Å². The molecule has 4 aromatic rings. The van der Waals surface area contributed by atoms with E-state index in [1.54, 1.807) is 15.5 Å². The van der Waals surface area contributed by atoms with E-state index in [9.17, 15) is 4.79 Å². The van der Waals surface area contributed by atoms with E-state index >= 15 is 0 Å². The van der Waals surface area contributed by atoms with Crippen LogP contribution in [0.4, 0.5) is 5.69 Å². The van der Waals surface area contributed by atoms with E-state index in [4.69, 9.17) is 4.98 Å². The summed E-state index contributed by atoms with van der Waals surface area (Å²) in [6.07, 6.45) is 11.2. The van der Waals surface area contributed by atoms with E-state index in [-0.39, 0.29) is 5.91 Å². The zero-order chi connectivity index (χ0) is 21.6. The molecule has 0 saturated carbocycles. The molecule has 8 nitrogen and oxygen atoms in total. The maximum Gasteiger partial charge on any atom is 0.224 e. The van der Waals surface area contributed by atoms with Crippen LogP contribution in [0.5, 0.6) is 0 Å². The normalized spacial score (nSPS) is 11.3. The molecule has 0 atom stereocenters. The van der Waals surface area contributed by atoms with Gasteiger partial charge in [0.05, 0.1) is 5.69 Å². The molecule has 0 radical (unpaired) electrons. The Bertz CT molecular complexity index is 1120. The van der Waals surface area contributed by atoms with Crippen LogP contribution in [0.25, 0.3) is 22.7 Å². The maximum atomic E-state index is 12.2. The number of H-pyrrole nitrogens is 1. The number of amides is 1. The minimum Gasteiger partial charge on any atom is -0.326 e. The molecule has 1 aromatic carbocycles. The molecule has 2 N–H and O–H groups in total. The highest BCUT2D eigenvalue weighted by Crippen LogP contribution is 2.23. The molecule has 0 aliphatic heterocycles. The van der Waals surface area contributed by atoms with Crippen molar-refractivity contribution in [1.82, 2.24) is 29.6 Å². The van der Waals surface area contributed by atoms with E-state index in [0.717, 1.165) is 35.5 Å². The number of aromatic nitrogens is 6. The van der Waals surface area contributed by atoms with E-state index in [0.29, 0.717) is 17.9 Å². The number of hydrogen-bond donors (Lipinski definition) is 2. The van der Waals surface area contributed by atoms with Crippen molar-refractivity contribution >= 4 is 17.2 Å². The van der Waals surface area contributed by atoms with Gasteiger partial charge in [-0.2, -0.15) is 9.73 Å². The first-order valence-electron chi connectivity index (χ1n) is 11.0. The second-order valence-electron chi connectivity index (χ2n) is 7.85. The Balaban J connectivity index is 1.38. The second kappa shape index (κ2) is 9.59. The molecule has 0 spiro atoms. The number of carbonyl (C=O) groups excluding carboxylic acids is 1. The number of anilines is 1. The van der Waals surface area contributed by atoms with Gasteiger partial charge < -0.3 is 5.32 Å². The zero-order valence-corrected chi connectivity index (χ0v) is 18.1. The third-order valence-corrected chi connectivity index (χ3v) is 5.37. The maximum absolute atomic E-state index is 12.2. The molecule has 8 heteroatoms. The van der Waals surface area contributed by atoms with Gasteiger partial charge in [-0.3, -0.25) is 9.89 Å². The number of aromatic amines is 1. The van der Waals surface area contributed by atoms with Crippen LogP contribution in [-0.2, 0) is 4.79 Å². The summed E-state index contributed by atoms with van der Waals surface area (Å²) in [6, 6.07) is 9.51. The third-order valence-electron chi connectivity index (χ3n) is 5.37. The highest BCUT2D eigenvalue weighted by molar-refractivity contribution is 5.90. The van der Waals surface area contributed by atoms with Crippen molar-refractivity contribution in [1.29, 1.82) is 0 Å². The Morgan fingerprint density at radius 3 is 2.61 bits per heavy atom. The molecule has 31 heavy (non-hydrogen) atoms. The van der Waals surface area contributed by atoms with Crippen molar-refractivity contribution in [3.63, 3.8) is 0 Å². The summed E-state index contributed by atoms with van der Waals surface area (Å²) in [4.78, 5) is 16.9. The summed E-state index contributed by atoms with van der Waals surface area (Å²) in [5.41, 5.74) is 4.20. The number of hydrogen-bond acceptors (Lipinski definition) is 4. The van der Waals surface area contributed by atoms with Crippen LogP contribution in [0.2, 0.25) is 0 Å². The van der Waals surface area contributed by atoms with Crippen molar-refractivity contribution in [2.45, 2.75) is 58.8 Å². The Morgan fingerprint density at radius 2 is 1.87 bits per heavy atom. The topological polar surface area (TPSA) is 92.9 Å². The number of nitrogens with zero attached hydrogens (tertiary/aromatic N) is 5. The summed E-state index contributed by atoms with van der Waals surface area (Å²) in [5.74, 6) is 0.681. The van der Waals surface area contributed by atoms with Gasteiger partial charge >= 0.3 is 0 Å². The summed E-state index contributed by atoms with van der Waals surface area (Å²) >= 11 is 0. The van der Waals surface area contributed by atoms with Gasteiger partial charge in [0.15, 0.2) is 5.82 Å². The molecule has 1 amide bonds. The van der Waals surface area contributed by atoms with Crippen molar-refractivity contribution in [2.75, 3.05) is 5.32 Å². The molecule has 0 fully saturated rings. The van der Waals surface area contributed by atoms with E-state index in [2.05, 4.69) is 27.5 Å². The molecule has 0 aliphatic carbocycles. The molecule has 0 saturated heterocycles. The largest absolute Gasteiger partial charge is 0.326 e. The van der Waals surface area contributed by atoms with Crippen molar-refractivity contribution < 1.29 is 4.79 Å². The monoisotopic (exact) mass is 419 g/mol. The number of unbranched alkanes of at least 4 members (excludes halogenated alkanes) is 5. The Morgan fingerprint density at radius 1 is 1.10 bits per heavy atom. The van der Waals surface area contributed by atoms with Crippen LogP contribution < -0.4 is 5.32 Å². The highest BCUT2D eigenvalue weighted by Gasteiger charge is 2.16. The lowest BCUT2D eigenvalue weighted by molar-refractivity contribution is -0.116. The lowest BCUT2D eigenvalue weighted by atomic mass is 10.1. The average molecular weight is 420 g/mol. The molecule has 0 bridgehead atoms. The Labute approximate surface area is 181 Å². The standard InChI is InChI=1S/C23H29N7O/c1-3-4-5-6-7-8-10-20(31)25-19-13-11-18(12-14-19)22-26-23-21(29-16-9-15-24-29)17(2)27-30(23)28-22/h9,11-16,27H,3-8,10H2,1-2H3,(H,25,31). The molecule has 0 unspecified atom stereocenters. The summed E-state index contributed by atoms with van der Waals surface area (Å²) < 4.78 is 3.44. The minimum atomic E-state index is 0.0658. The van der Waals surface area contributed by atoms with Crippen LogP contribution in [0.15, 0.2) is 42.7 Å². The number of aryl methyl sites for hydroxylation is 1. The number of benzene rings is 1. The van der Waals surface area contributed by atoms with Gasteiger partial charge in [-0.25, -0.2) is 9.67 Å². The molecule has 4 rings (SSSR count). The first-order valence-corrected chi connectivity index (χ1v) is 11.0. The van der Waals surface area contributed by atoms with Crippen LogP contribution in [0.3, 0.4) is 0 Å². The smallest absolute Gasteiger partial charge is 0.224 e. The van der Waals surface area contributed by atoms with E-state index in [1.165, 1.54) is 25.7 Å². The fourth-order valence-corrected chi connectivity index (χ4v) is 3.71. The number of carbonyl (C=O) groups is 1. The third kappa shape index (κ3) is 4.84. The first kappa shape index (κ1) is 20.8. The fourth-order valence-electron chi connectivity index (χ4n) is 3.71. The second-order valence-corrected chi connectivity index (χ2v) is 7.85.